The summed E-state index contributed by atoms with van der Waals surface area (Å²) >= 11 is 13.7. The Labute approximate surface area is 140 Å². The number of thiophene rings is 1. The van der Waals surface area contributed by atoms with Crippen LogP contribution in [0.1, 0.15) is 24.3 Å². The maximum atomic E-state index is 6.27. The third kappa shape index (κ3) is 5.51. The Morgan fingerprint density at radius 3 is 2.62 bits per heavy atom. The number of hydrogen-bond acceptors (Lipinski definition) is 3. The minimum absolute atomic E-state index is 0.488. The Bertz CT molecular complexity index is 583. The van der Waals surface area contributed by atoms with E-state index < -0.39 is 0 Å². The first-order chi connectivity index (χ1) is 10.0. The van der Waals surface area contributed by atoms with E-state index in [0.717, 1.165) is 27.9 Å². The second-order valence-corrected chi connectivity index (χ2v) is 7.49. The van der Waals surface area contributed by atoms with Crippen molar-refractivity contribution in [1.29, 1.82) is 0 Å². The van der Waals surface area contributed by atoms with Gasteiger partial charge in [-0.1, -0.05) is 43.1 Å². The van der Waals surface area contributed by atoms with Crippen molar-refractivity contribution in [2.24, 2.45) is 5.92 Å². The molecule has 2 aromatic rings. The molecule has 0 saturated carbocycles. The Morgan fingerprint density at radius 1 is 1.19 bits per heavy atom. The maximum absolute atomic E-state index is 6.27. The number of halogens is 2. The molecule has 1 N–H and O–H groups in total. The lowest BCUT2D eigenvalue weighted by atomic mass is 10.2. The molecule has 0 bridgehead atoms. The third-order valence-electron chi connectivity index (χ3n) is 2.88. The largest absolute Gasteiger partial charge is 0.487 e. The molecular weight excluding hydrogens is 325 g/mol. The van der Waals surface area contributed by atoms with Gasteiger partial charge in [-0.15, -0.1) is 11.3 Å². The Kier molecular flexibility index (Phi) is 6.37. The second kappa shape index (κ2) is 8.04. The standard InChI is InChI=1S/C16H19Cl2NOS/c1-11(2)8-19-9-12-3-5-15(14(17)7-12)20-10-13-4-6-16(18)21-13/h3-7,11,19H,8-10H2,1-2H3. The molecule has 0 atom stereocenters. The zero-order valence-electron chi connectivity index (χ0n) is 12.2. The van der Waals surface area contributed by atoms with E-state index in [1.165, 1.54) is 11.3 Å². The van der Waals surface area contributed by atoms with E-state index >= 15 is 0 Å². The number of benzene rings is 1. The first-order valence-corrected chi connectivity index (χ1v) is 8.48. The average molecular weight is 344 g/mol. The number of hydrogen-bond donors (Lipinski definition) is 1. The Balaban J connectivity index is 1.89. The quantitative estimate of drug-likeness (QED) is 0.728. The van der Waals surface area contributed by atoms with Crippen LogP contribution in [0.2, 0.25) is 9.36 Å². The predicted octanol–water partition coefficient (Wildman–Crippen LogP) is 5.38. The fraction of sp³-hybridized carbons (Fsp3) is 0.375. The van der Waals surface area contributed by atoms with Crippen LogP contribution in [-0.4, -0.2) is 6.54 Å². The lowest BCUT2D eigenvalue weighted by Gasteiger charge is -2.10. The first kappa shape index (κ1) is 16.6. The van der Waals surface area contributed by atoms with Crippen molar-refractivity contribution in [3.63, 3.8) is 0 Å². The van der Waals surface area contributed by atoms with Gasteiger partial charge in [0.05, 0.1) is 9.36 Å². The highest BCUT2D eigenvalue weighted by atomic mass is 35.5. The van der Waals surface area contributed by atoms with Gasteiger partial charge in [0.15, 0.2) is 0 Å². The molecule has 0 fully saturated rings. The summed E-state index contributed by atoms with van der Waals surface area (Å²) in [6.07, 6.45) is 0. The highest BCUT2D eigenvalue weighted by molar-refractivity contribution is 7.16. The Morgan fingerprint density at radius 2 is 2.00 bits per heavy atom. The summed E-state index contributed by atoms with van der Waals surface area (Å²) in [4.78, 5) is 1.08. The zero-order chi connectivity index (χ0) is 15.2. The van der Waals surface area contributed by atoms with E-state index in [9.17, 15) is 0 Å². The fourth-order valence-electron chi connectivity index (χ4n) is 1.85. The van der Waals surface area contributed by atoms with Crippen LogP contribution in [0.5, 0.6) is 5.75 Å². The maximum Gasteiger partial charge on any atom is 0.138 e. The van der Waals surface area contributed by atoms with E-state index in [0.29, 0.717) is 23.3 Å². The summed E-state index contributed by atoms with van der Waals surface area (Å²) in [5, 5.41) is 4.04. The molecule has 2 nitrogen and oxygen atoms in total. The number of ether oxygens (including phenoxy) is 1. The van der Waals surface area contributed by atoms with Crippen LogP contribution in [0.15, 0.2) is 30.3 Å². The number of nitrogens with one attached hydrogen (secondary N) is 1. The van der Waals surface area contributed by atoms with E-state index in [-0.39, 0.29) is 0 Å². The molecule has 1 aromatic heterocycles. The van der Waals surface area contributed by atoms with Gasteiger partial charge < -0.3 is 10.1 Å². The minimum Gasteiger partial charge on any atom is -0.487 e. The van der Waals surface area contributed by atoms with E-state index in [1.54, 1.807) is 0 Å². The summed E-state index contributed by atoms with van der Waals surface area (Å²) in [5.74, 6) is 1.34. The van der Waals surface area contributed by atoms with E-state index in [2.05, 4.69) is 19.2 Å². The van der Waals surface area contributed by atoms with Crippen LogP contribution in [0.4, 0.5) is 0 Å². The second-order valence-electron chi connectivity index (χ2n) is 5.28. The smallest absolute Gasteiger partial charge is 0.138 e. The Hall–Kier alpha value is -0.740. The van der Waals surface area contributed by atoms with Gasteiger partial charge in [-0.2, -0.15) is 0 Å². The third-order valence-corrected chi connectivity index (χ3v) is 4.38. The molecule has 114 valence electrons. The molecule has 2 rings (SSSR count). The first-order valence-electron chi connectivity index (χ1n) is 6.90. The van der Waals surface area contributed by atoms with Gasteiger partial charge >= 0.3 is 0 Å². The molecule has 1 aromatic carbocycles. The minimum atomic E-state index is 0.488. The van der Waals surface area contributed by atoms with E-state index in [4.69, 9.17) is 27.9 Å². The van der Waals surface area contributed by atoms with Crippen LogP contribution in [0.3, 0.4) is 0 Å². The van der Waals surface area contributed by atoms with Crippen molar-refractivity contribution >= 4 is 34.5 Å². The van der Waals surface area contributed by atoms with E-state index in [1.807, 2.05) is 30.3 Å². The highest BCUT2D eigenvalue weighted by Crippen LogP contribution is 2.28. The highest BCUT2D eigenvalue weighted by Gasteiger charge is 2.05. The van der Waals surface area contributed by atoms with Crippen molar-refractivity contribution in [2.45, 2.75) is 27.0 Å². The molecule has 0 unspecified atom stereocenters. The molecule has 0 aliphatic carbocycles. The van der Waals surface area contributed by atoms with Gasteiger partial charge in [0.2, 0.25) is 0 Å². The SMILES string of the molecule is CC(C)CNCc1ccc(OCc2ccc(Cl)s2)c(Cl)c1. The van der Waals surface area contributed by atoms with Crippen molar-refractivity contribution in [2.75, 3.05) is 6.54 Å². The lowest BCUT2D eigenvalue weighted by Crippen LogP contribution is -2.18. The molecule has 5 heteroatoms. The summed E-state index contributed by atoms with van der Waals surface area (Å²) < 4.78 is 6.50. The van der Waals surface area contributed by atoms with Crippen LogP contribution in [0, 0.1) is 5.92 Å². The molecule has 0 aliphatic heterocycles. The van der Waals surface area contributed by atoms with Gasteiger partial charge in [0.25, 0.3) is 0 Å². The zero-order valence-corrected chi connectivity index (χ0v) is 14.5. The van der Waals surface area contributed by atoms with Gasteiger partial charge in [0, 0.05) is 11.4 Å². The molecular formula is C16H19Cl2NOS. The predicted molar refractivity (Wildman–Crippen MR) is 91.7 cm³/mol. The van der Waals surface area contributed by atoms with Crippen LogP contribution in [-0.2, 0) is 13.2 Å². The number of rotatable bonds is 7. The summed E-state index contributed by atoms with van der Waals surface area (Å²) in [5.41, 5.74) is 1.16. The van der Waals surface area contributed by atoms with Crippen molar-refractivity contribution in [3.05, 3.63) is 50.1 Å². The summed E-state index contributed by atoms with van der Waals surface area (Å²) in [6, 6.07) is 9.74. The monoisotopic (exact) mass is 343 g/mol. The molecule has 0 spiro atoms. The van der Waals surface area contributed by atoms with Gasteiger partial charge in [-0.25, -0.2) is 0 Å². The topological polar surface area (TPSA) is 21.3 Å². The average Bonchev–Trinajstić information content (AvgIpc) is 2.83. The van der Waals surface area contributed by atoms with Crippen molar-refractivity contribution in [1.82, 2.24) is 5.32 Å². The van der Waals surface area contributed by atoms with Gasteiger partial charge in [-0.3, -0.25) is 0 Å². The molecule has 0 radical (unpaired) electrons. The van der Waals surface area contributed by atoms with Crippen LogP contribution in [0.25, 0.3) is 0 Å². The normalized spacial score (nSPS) is 11.1. The molecule has 0 amide bonds. The van der Waals surface area contributed by atoms with Crippen LogP contribution >= 0.6 is 34.5 Å². The van der Waals surface area contributed by atoms with Crippen molar-refractivity contribution < 1.29 is 4.74 Å². The summed E-state index contributed by atoms with van der Waals surface area (Å²) in [7, 11) is 0. The van der Waals surface area contributed by atoms with Gasteiger partial charge in [0.1, 0.15) is 12.4 Å². The molecule has 21 heavy (non-hydrogen) atoms. The lowest BCUT2D eigenvalue weighted by molar-refractivity contribution is 0.310. The van der Waals surface area contributed by atoms with Crippen molar-refractivity contribution in [3.8, 4) is 5.75 Å². The summed E-state index contributed by atoms with van der Waals surface area (Å²) in [6.45, 7) is 6.68. The van der Waals surface area contributed by atoms with Gasteiger partial charge in [-0.05, 0) is 42.3 Å². The molecule has 0 aliphatic rings. The molecule has 1 heterocycles. The molecule has 0 saturated heterocycles. The van der Waals surface area contributed by atoms with Crippen LogP contribution < -0.4 is 10.1 Å². The fourth-order valence-corrected chi connectivity index (χ4v) is 3.11.